The van der Waals surface area contributed by atoms with Crippen molar-refractivity contribution < 1.29 is 32.4 Å². The predicted molar refractivity (Wildman–Crippen MR) is 134 cm³/mol. The highest BCUT2D eigenvalue weighted by Crippen LogP contribution is 2.34. The number of carbonyl (C=O) groups excluding carboxylic acids is 2. The highest BCUT2D eigenvalue weighted by Gasteiger charge is 2.32. The molecule has 12 heteroatoms. The Morgan fingerprint density at radius 1 is 1.11 bits per heavy atom. The fourth-order valence-electron chi connectivity index (χ4n) is 4.04. The highest BCUT2D eigenvalue weighted by atomic mass is 32.2. The molecular formula is C25H23N3O8S. The molecule has 0 bridgehead atoms. The van der Waals surface area contributed by atoms with Gasteiger partial charge in [0.1, 0.15) is 11.3 Å². The topological polar surface area (TPSA) is 145 Å². The van der Waals surface area contributed by atoms with Gasteiger partial charge in [0.2, 0.25) is 0 Å². The van der Waals surface area contributed by atoms with Crippen LogP contribution in [0.15, 0.2) is 65.6 Å². The van der Waals surface area contributed by atoms with Crippen LogP contribution in [-0.4, -0.2) is 45.5 Å². The van der Waals surface area contributed by atoms with Crippen molar-refractivity contribution in [2.75, 3.05) is 29.9 Å². The van der Waals surface area contributed by atoms with E-state index in [0.29, 0.717) is 12.1 Å². The third kappa shape index (κ3) is 5.09. The largest absolute Gasteiger partial charge is 0.496 e. The van der Waals surface area contributed by atoms with Crippen molar-refractivity contribution in [3.8, 4) is 5.75 Å². The second-order valence-electron chi connectivity index (χ2n) is 8.15. The second kappa shape index (κ2) is 10.3. The molecule has 0 atom stereocenters. The molecule has 1 aliphatic heterocycles. The third-order valence-corrected chi connectivity index (χ3v) is 7.74. The Balaban J connectivity index is 1.51. The maximum Gasteiger partial charge on any atom is 0.342 e. The summed E-state index contributed by atoms with van der Waals surface area (Å²) in [7, 11) is -2.67. The summed E-state index contributed by atoms with van der Waals surface area (Å²) >= 11 is 0. The second-order valence-corrected chi connectivity index (χ2v) is 10.0. The third-order valence-electron chi connectivity index (χ3n) is 5.93. The Morgan fingerprint density at radius 3 is 2.59 bits per heavy atom. The van der Waals surface area contributed by atoms with Gasteiger partial charge in [0.25, 0.3) is 21.6 Å². The number of fused-ring (bicyclic) bond motifs is 1. The number of nitrogens with one attached hydrogen (secondary N) is 1. The molecule has 1 amide bonds. The summed E-state index contributed by atoms with van der Waals surface area (Å²) in [5.74, 6) is -1.63. The van der Waals surface area contributed by atoms with Crippen LogP contribution in [0, 0.1) is 17.0 Å². The number of esters is 1. The van der Waals surface area contributed by atoms with Gasteiger partial charge in [-0.05, 0) is 49.2 Å². The van der Waals surface area contributed by atoms with Crippen molar-refractivity contribution in [1.29, 1.82) is 0 Å². The summed E-state index contributed by atoms with van der Waals surface area (Å²) in [6.07, 6.45) is 0.569. The molecule has 11 nitrogen and oxygen atoms in total. The Labute approximate surface area is 212 Å². The molecule has 0 aromatic heterocycles. The minimum absolute atomic E-state index is 0.0701. The lowest BCUT2D eigenvalue weighted by Gasteiger charge is -2.20. The molecule has 0 unspecified atom stereocenters. The maximum absolute atomic E-state index is 13.4. The Kier molecular flexibility index (Phi) is 7.11. The average molecular weight is 526 g/mol. The number of methoxy groups -OCH3 is 1. The van der Waals surface area contributed by atoms with E-state index in [0.717, 1.165) is 11.6 Å². The molecule has 1 N–H and O–H groups in total. The Hall–Kier alpha value is -4.45. The normalized spacial score (nSPS) is 12.5. The molecule has 1 aliphatic rings. The number of anilines is 2. The van der Waals surface area contributed by atoms with E-state index < -0.39 is 33.4 Å². The average Bonchev–Trinajstić information content (AvgIpc) is 3.33. The van der Waals surface area contributed by atoms with Crippen LogP contribution in [0.3, 0.4) is 0 Å². The molecular weight excluding hydrogens is 502 g/mol. The van der Waals surface area contributed by atoms with Crippen LogP contribution < -0.4 is 14.4 Å². The number of hydrogen-bond donors (Lipinski definition) is 1. The van der Waals surface area contributed by atoms with Gasteiger partial charge < -0.3 is 14.8 Å². The Morgan fingerprint density at radius 2 is 1.86 bits per heavy atom. The lowest BCUT2D eigenvalue weighted by Crippen LogP contribution is -2.29. The van der Waals surface area contributed by atoms with Gasteiger partial charge in [0.05, 0.1) is 33.9 Å². The summed E-state index contributed by atoms with van der Waals surface area (Å²) in [5.41, 5.74) is 1.59. The molecule has 1 heterocycles. The van der Waals surface area contributed by atoms with Crippen LogP contribution in [-0.2, 0) is 26.0 Å². The summed E-state index contributed by atoms with van der Waals surface area (Å²) in [4.78, 5) is 35.6. The van der Waals surface area contributed by atoms with Crippen LogP contribution in [0.1, 0.15) is 21.5 Å². The quantitative estimate of drug-likeness (QED) is 0.267. The van der Waals surface area contributed by atoms with Crippen LogP contribution >= 0.6 is 0 Å². The molecule has 0 fully saturated rings. The summed E-state index contributed by atoms with van der Waals surface area (Å²) in [6.45, 7) is 1.04. The van der Waals surface area contributed by atoms with Gasteiger partial charge in [-0.15, -0.1) is 0 Å². The number of amides is 1. The number of carbonyl (C=O) groups is 2. The van der Waals surface area contributed by atoms with Gasteiger partial charge in [0.15, 0.2) is 6.61 Å². The number of sulfonamides is 1. The molecule has 0 saturated carbocycles. The maximum atomic E-state index is 13.4. The molecule has 3 aromatic carbocycles. The number of nitro benzene ring substituents is 1. The van der Waals surface area contributed by atoms with Gasteiger partial charge in [0, 0.05) is 12.6 Å². The first kappa shape index (κ1) is 25.6. The number of ether oxygens (including phenoxy) is 2. The van der Waals surface area contributed by atoms with Crippen molar-refractivity contribution in [2.24, 2.45) is 0 Å². The van der Waals surface area contributed by atoms with E-state index in [2.05, 4.69) is 5.32 Å². The van der Waals surface area contributed by atoms with E-state index in [1.807, 2.05) is 12.1 Å². The standard InChI is InChI=1S/C25H23N3O8S/c1-16-20(7-5-9-21(16)28(31)32)26-24(29)15-36-25(30)19-14-18(10-11-23(19)35-2)37(33,34)27-13-12-17-6-3-4-8-22(17)27/h3-11,14H,12-13,15H2,1-2H3,(H,26,29). The number of rotatable bonds is 8. The number of hydrogen-bond acceptors (Lipinski definition) is 8. The Bertz CT molecular complexity index is 1500. The number of nitro groups is 1. The first-order chi connectivity index (χ1) is 17.6. The van der Waals surface area contributed by atoms with Crippen molar-refractivity contribution in [3.63, 3.8) is 0 Å². The molecule has 0 radical (unpaired) electrons. The zero-order valence-electron chi connectivity index (χ0n) is 20.0. The molecule has 0 aliphatic carbocycles. The van der Waals surface area contributed by atoms with Crippen molar-refractivity contribution in [1.82, 2.24) is 0 Å². The fraction of sp³-hybridized carbons (Fsp3) is 0.200. The van der Waals surface area contributed by atoms with Gasteiger partial charge in [-0.25, -0.2) is 13.2 Å². The van der Waals surface area contributed by atoms with Gasteiger partial charge in [-0.3, -0.25) is 19.2 Å². The van der Waals surface area contributed by atoms with E-state index in [9.17, 15) is 28.1 Å². The van der Waals surface area contributed by atoms with Crippen LogP contribution in [0.4, 0.5) is 17.1 Å². The van der Waals surface area contributed by atoms with E-state index >= 15 is 0 Å². The van der Waals surface area contributed by atoms with Crippen LogP contribution in [0.5, 0.6) is 5.75 Å². The van der Waals surface area contributed by atoms with E-state index in [1.54, 1.807) is 12.1 Å². The molecule has 192 valence electrons. The van der Waals surface area contributed by atoms with E-state index in [1.165, 1.54) is 48.7 Å². The molecule has 0 spiro atoms. The fourth-order valence-corrected chi connectivity index (χ4v) is 5.57. The molecule has 4 rings (SSSR count). The van der Waals surface area contributed by atoms with Crippen LogP contribution in [0.2, 0.25) is 0 Å². The monoisotopic (exact) mass is 525 g/mol. The summed E-state index contributed by atoms with van der Waals surface area (Å²) in [5, 5.41) is 13.6. The molecule has 3 aromatic rings. The summed E-state index contributed by atoms with van der Waals surface area (Å²) in [6, 6.07) is 15.2. The van der Waals surface area contributed by atoms with Gasteiger partial charge in [-0.2, -0.15) is 0 Å². The lowest BCUT2D eigenvalue weighted by atomic mass is 10.1. The van der Waals surface area contributed by atoms with Gasteiger partial charge in [-0.1, -0.05) is 24.3 Å². The minimum Gasteiger partial charge on any atom is -0.496 e. The lowest BCUT2D eigenvalue weighted by molar-refractivity contribution is -0.385. The highest BCUT2D eigenvalue weighted by molar-refractivity contribution is 7.92. The van der Waals surface area contributed by atoms with Crippen molar-refractivity contribution in [3.05, 3.63) is 87.5 Å². The van der Waals surface area contributed by atoms with Gasteiger partial charge >= 0.3 is 5.97 Å². The smallest absolute Gasteiger partial charge is 0.342 e. The first-order valence-corrected chi connectivity index (χ1v) is 12.6. The minimum atomic E-state index is -3.99. The summed E-state index contributed by atoms with van der Waals surface area (Å²) < 4.78 is 38.3. The van der Waals surface area contributed by atoms with Crippen LogP contribution in [0.25, 0.3) is 0 Å². The molecule has 37 heavy (non-hydrogen) atoms. The zero-order chi connectivity index (χ0) is 26.7. The van der Waals surface area contributed by atoms with Crippen molar-refractivity contribution in [2.45, 2.75) is 18.2 Å². The van der Waals surface area contributed by atoms with Crippen molar-refractivity contribution >= 4 is 39.0 Å². The number of para-hydroxylation sites is 1. The number of nitrogens with zero attached hydrogens (tertiary/aromatic N) is 2. The number of benzene rings is 3. The van der Waals surface area contributed by atoms with E-state index in [-0.39, 0.29) is 39.7 Å². The SMILES string of the molecule is COc1ccc(S(=O)(=O)N2CCc3ccccc32)cc1C(=O)OCC(=O)Nc1cccc([N+](=O)[O-])c1C. The zero-order valence-corrected chi connectivity index (χ0v) is 20.8. The first-order valence-electron chi connectivity index (χ1n) is 11.1. The van der Waals surface area contributed by atoms with E-state index in [4.69, 9.17) is 9.47 Å². The predicted octanol–water partition coefficient (Wildman–Crippen LogP) is 3.46. The molecule has 0 saturated heterocycles.